The Morgan fingerprint density at radius 2 is 1.65 bits per heavy atom. The highest BCUT2D eigenvalue weighted by molar-refractivity contribution is 5.94. The monoisotopic (exact) mass is 540 g/mol. The molecule has 1 aliphatic rings. The first-order chi connectivity index (χ1) is 19.5. The maximum Gasteiger partial charge on any atom is 0.276 e. The van der Waals surface area contributed by atoms with E-state index in [1.807, 2.05) is 55.5 Å². The van der Waals surface area contributed by atoms with Gasteiger partial charge in [-0.3, -0.25) is 9.59 Å². The van der Waals surface area contributed by atoms with Crippen LogP contribution in [0.25, 0.3) is 5.69 Å². The molecule has 0 bridgehead atoms. The Morgan fingerprint density at radius 1 is 0.900 bits per heavy atom. The normalized spacial score (nSPS) is 14.3. The number of rotatable bonds is 4. The second kappa shape index (κ2) is 11.9. The number of para-hydroxylation sites is 1. The van der Waals surface area contributed by atoms with Crippen LogP contribution in [0.2, 0.25) is 0 Å². The number of fused-ring (bicyclic) bond motifs is 1. The fourth-order valence-corrected chi connectivity index (χ4v) is 4.89. The molecular formula is C29H32N8O3. The van der Waals surface area contributed by atoms with Crippen LogP contribution >= 0.6 is 0 Å². The summed E-state index contributed by atoms with van der Waals surface area (Å²) in [7, 11) is 1.61. The van der Waals surface area contributed by atoms with Crippen molar-refractivity contribution in [2.45, 2.75) is 26.8 Å². The Balaban J connectivity index is 1.50. The lowest BCUT2D eigenvalue weighted by atomic mass is 10.1. The van der Waals surface area contributed by atoms with E-state index in [1.165, 1.54) is 0 Å². The molecule has 0 spiro atoms. The van der Waals surface area contributed by atoms with Gasteiger partial charge < -0.3 is 19.4 Å². The predicted octanol–water partition coefficient (Wildman–Crippen LogP) is 3.28. The number of ether oxygens (including phenoxy) is 1. The number of methoxy groups -OCH3 is 1. The molecule has 0 aliphatic carbocycles. The molecule has 206 valence electrons. The van der Waals surface area contributed by atoms with Gasteiger partial charge in [-0.1, -0.05) is 23.4 Å². The third-order valence-electron chi connectivity index (χ3n) is 7.01. The lowest BCUT2D eigenvalue weighted by Gasteiger charge is -2.27. The van der Waals surface area contributed by atoms with E-state index >= 15 is 0 Å². The lowest BCUT2D eigenvalue weighted by Crippen LogP contribution is -2.39. The first-order valence-corrected chi connectivity index (χ1v) is 13.2. The van der Waals surface area contributed by atoms with E-state index in [0.717, 1.165) is 29.1 Å². The molecule has 1 aliphatic heterocycles. The van der Waals surface area contributed by atoms with E-state index in [4.69, 9.17) is 4.74 Å². The Bertz CT molecular complexity index is 1470. The number of carbonyl (C=O) groups is 2. The smallest absolute Gasteiger partial charge is 0.276 e. The van der Waals surface area contributed by atoms with Crippen LogP contribution in [0, 0.1) is 6.92 Å². The third kappa shape index (κ3) is 5.63. The summed E-state index contributed by atoms with van der Waals surface area (Å²) in [6.45, 7) is 5.79. The molecular weight excluding hydrogens is 508 g/mol. The van der Waals surface area contributed by atoms with Gasteiger partial charge >= 0.3 is 0 Å². The number of hydrogen-bond acceptors (Lipinski definition) is 8. The largest absolute Gasteiger partial charge is 0.497 e. The molecule has 2 amide bonds. The zero-order valence-electron chi connectivity index (χ0n) is 22.9. The van der Waals surface area contributed by atoms with Crippen molar-refractivity contribution >= 4 is 23.5 Å². The number of amides is 2. The Morgan fingerprint density at radius 3 is 2.38 bits per heavy atom. The highest BCUT2D eigenvalue weighted by Crippen LogP contribution is 2.25. The van der Waals surface area contributed by atoms with Crippen LogP contribution in [0.15, 0.2) is 67.0 Å². The van der Waals surface area contributed by atoms with Crippen LogP contribution in [-0.4, -0.2) is 75.0 Å². The van der Waals surface area contributed by atoms with Crippen molar-refractivity contribution < 1.29 is 14.3 Å². The van der Waals surface area contributed by atoms with E-state index in [1.54, 1.807) is 47.0 Å². The van der Waals surface area contributed by atoms with E-state index < -0.39 is 0 Å². The van der Waals surface area contributed by atoms with Gasteiger partial charge in [-0.25, -0.2) is 14.6 Å². The zero-order chi connectivity index (χ0) is 28.1. The summed E-state index contributed by atoms with van der Waals surface area (Å²) in [5.41, 5.74) is 3.36. The molecule has 3 heterocycles. The van der Waals surface area contributed by atoms with E-state index in [-0.39, 0.29) is 17.5 Å². The number of aromatic nitrogens is 5. The minimum absolute atomic E-state index is 0.0506. The lowest BCUT2D eigenvalue weighted by molar-refractivity contribution is -0.116. The molecule has 40 heavy (non-hydrogen) atoms. The number of carbonyl (C=O) groups excluding carboxylic acids is 2. The maximum absolute atomic E-state index is 14.0. The van der Waals surface area contributed by atoms with Gasteiger partial charge in [0.1, 0.15) is 5.75 Å². The van der Waals surface area contributed by atoms with Gasteiger partial charge in [0.2, 0.25) is 11.9 Å². The first-order valence-electron chi connectivity index (χ1n) is 13.2. The van der Waals surface area contributed by atoms with Crippen molar-refractivity contribution in [1.29, 1.82) is 0 Å². The number of anilines is 2. The standard InChI is InChI=1S/C29H32N8O3/c1-21-27(32-33-37(21)24-10-12-25(40-3)13-11-24)28(39)35-19-18-34(29-30-14-6-15-31-29)16-7-17-36(22(2)38)26-9-5-4-8-23(26)20-35/h4-6,8-15H,7,16-20H2,1-3H3. The van der Waals surface area contributed by atoms with Crippen LogP contribution in [-0.2, 0) is 11.3 Å². The second-order valence-corrected chi connectivity index (χ2v) is 9.55. The summed E-state index contributed by atoms with van der Waals surface area (Å²) < 4.78 is 6.90. The molecule has 2 aromatic carbocycles. The minimum Gasteiger partial charge on any atom is -0.497 e. The average Bonchev–Trinajstić information content (AvgIpc) is 3.35. The second-order valence-electron chi connectivity index (χ2n) is 9.55. The molecule has 0 saturated heterocycles. The summed E-state index contributed by atoms with van der Waals surface area (Å²) in [6.07, 6.45) is 4.12. The molecule has 11 heteroatoms. The van der Waals surface area contributed by atoms with Gasteiger partial charge in [-0.15, -0.1) is 5.10 Å². The van der Waals surface area contributed by atoms with Crippen LogP contribution in [0.4, 0.5) is 11.6 Å². The van der Waals surface area contributed by atoms with Crippen LogP contribution in [0.3, 0.4) is 0 Å². The van der Waals surface area contributed by atoms with Crippen LogP contribution in [0.1, 0.15) is 35.1 Å². The molecule has 11 nitrogen and oxygen atoms in total. The quantitative estimate of drug-likeness (QED) is 0.388. The molecule has 5 rings (SSSR count). The molecule has 2 aromatic heterocycles. The van der Waals surface area contributed by atoms with Crippen molar-refractivity contribution in [3.05, 3.63) is 83.9 Å². The Labute approximate surface area is 233 Å². The molecule has 0 N–H and O–H groups in total. The van der Waals surface area contributed by atoms with Gasteiger partial charge in [-0.2, -0.15) is 0 Å². The maximum atomic E-state index is 14.0. The van der Waals surface area contributed by atoms with Crippen molar-refractivity contribution in [2.24, 2.45) is 0 Å². The van der Waals surface area contributed by atoms with Crippen molar-refractivity contribution in [1.82, 2.24) is 29.9 Å². The highest BCUT2D eigenvalue weighted by Gasteiger charge is 2.27. The number of benzene rings is 2. The van der Waals surface area contributed by atoms with Gasteiger partial charge in [0, 0.05) is 57.7 Å². The fourth-order valence-electron chi connectivity index (χ4n) is 4.89. The predicted molar refractivity (Wildman–Crippen MR) is 151 cm³/mol. The van der Waals surface area contributed by atoms with Crippen molar-refractivity contribution in [3.63, 3.8) is 0 Å². The third-order valence-corrected chi connectivity index (χ3v) is 7.01. The first kappa shape index (κ1) is 26.8. The fraction of sp³-hybridized carbons (Fsp3) is 0.310. The SMILES string of the molecule is COc1ccc(-n2nnc(C(=O)N3CCN(c4ncccn4)CCCN(C(C)=O)c4ccccc4C3)c2C)cc1. The summed E-state index contributed by atoms with van der Waals surface area (Å²) in [6, 6.07) is 16.9. The molecule has 0 fully saturated rings. The Kier molecular flexibility index (Phi) is 7.99. The molecule has 0 atom stereocenters. The van der Waals surface area contributed by atoms with E-state index in [2.05, 4.69) is 25.2 Å². The summed E-state index contributed by atoms with van der Waals surface area (Å²) in [5, 5.41) is 8.57. The van der Waals surface area contributed by atoms with Gasteiger partial charge in [0.15, 0.2) is 5.69 Å². The molecule has 0 radical (unpaired) electrons. The number of nitrogens with zero attached hydrogens (tertiary/aromatic N) is 8. The van der Waals surface area contributed by atoms with E-state index in [9.17, 15) is 9.59 Å². The van der Waals surface area contributed by atoms with Crippen LogP contribution < -0.4 is 14.5 Å². The summed E-state index contributed by atoms with van der Waals surface area (Å²) in [5.74, 6) is 1.02. The average molecular weight is 541 g/mol. The highest BCUT2D eigenvalue weighted by atomic mass is 16.5. The van der Waals surface area contributed by atoms with Gasteiger partial charge in [-0.05, 0) is 55.3 Å². The summed E-state index contributed by atoms with van der Waals surface area (Å²) >= 11 is 0. The number of hydrogen-bond donors (Lipinski definition) is 0. The molecule has 0 unspecified atom stereocenters. The summed E-state index contributed by atoms with van der Waals surface area (Å²) in [4.78, 5) is 41.2. The Hall–Kier alpha value is -4.80. The topological polar surface area (TPSA) is 110 Å². The zero-order valence-corrected chi connectivity index (χ0v) is 22.9. The van der Waals surface area contributed by atoms with E-state index in [0.29, 0.717) is 44.4 Å². The van der Waals surface area contributed by atoms with Crippen LogP contribution in [0.5, 0.6) is 5.75 Å². The molecule has 0 saturated carbocycles. The molecule has 4 aromatic rings. The van der Waals surface area contributed by atoms with Crippen molar-refractivity contribution in [2.75, 3.05) is 43.1 Å². The van der Waals surface area contributed by atoms with Gasteiger partial charge in [0.05, 0.1) is 18.5 Å². The minimum atomic E-state index is -0.241. The van der Waals surface area contributed by atoms with Crippen molar-refractivity contribution in [3.8, 4) is 11.4 Å². The van der Waals surface area contributed by atoms with Gasteiger partial charge in [0.25, 0.3) is 5.91 Å².